The summed E-state index contributed by atoms with van der Waals surface area (Å²) in [5.41, 5.74) is 1.24. The lowest BCUT2D eigenvalue weighted by Gasteiger charge is -2.01. The fourth-order valence-electron chi connectivity index (χ4n) is 1.28. The van der Waals surface area contributed by atoms with E-state index in [0.717, 1.165) is 12.1 Å². The minimum absolute atomic E-state index is 0.570. The minimum Gasteiger partial charge on any atom is -0.361 e. The summed E-state index contributed by atoms with van der Waals surface area (Å²) in [4.78, 5) is 2.92. The van der Waals surface area contributed by atoms with E-state index >= 15 is 0 Å². The maximum atomic E-state index is 13.0. The number of rotatable bonds is 1. The van der Waals surface area contributed by atoms with Crippen LogP contribution in [0.2, 0.25) is 0 Å². The normalized spacial score (nSPS) is 10.3. The fraction of sp³-hybridized carbons (Fsp3) is 0. The molecule has 4 heteroatoms. The van der Waals surface area contributed by atoms with Crippen LogP contribution in [0.15, 0.2) is 36.5 Å². The van der Waals surface area contributed by atoms with Gasteiger partial charge in [-0.1, -0.05) is 12.2 Å². The SMILES string of the molecule is Fc1ccc(-c2cc(=S)cc[nH]2)cc1F. The Labute approximate surface area is 90.4 Å². The van der Waals surface area contributed by atoms with Crippen LogP contribution in [0, 0.1) is 16.1 Å². The van der Waals surface area contributed by atoms with Crippen LogP contribution in [0.4, 0.5) is 8.78 Å². The molecule has 2 rings (SSSR count). The zero-order valence-corrected chi connectivity index (χ0v) is 8.44. The first kappa shape index (κ1) is 9.98. The van der Waals surface area contributed by atoms with Gasteiger partial charge in [-0.15, -0.1) is 0 Å². The number of aromatic nitrogens is 1. The molecule has 0 spiro atoms. The van der Waals surface area contributed by atoms with Crippen molar-refractivity contribution in [2.45, 2.75) is 0 Å². The number of H-pyrrole nitrogens is 1. The number of pyridine rings is 1. The Morgan fingerprint density at radius 1 is 1.00 bits per heavy atom. The van der Waals surface area contributed by atoms with Gasteiger partial charge in [0, 0.05) is 22.0 Å². The van der Waals surface area contributed by atoms with Crippen molar-refractivity contribution < 1.29 is 8.78 Å². The van der Waals surface area contributed by atoms with E-state index in [0.29, 0.717) is 15.8 Å². The summed E-state index contributed by atoms with van der Waals surface area (Å²) in [7, 11) is 0. The molecule has 2 aromatic rings. The Hall–Kier alpha value is -1.55. The number of halogens is 2. The molecule has 1 aromatic heterocycles. The summed E-state index contributed by atoms with van der Waals surface area (Å²) in [5, 5.41) is 0. The Morgan fingerprint density at radius 3 is 2.47 bits per heavy atom. The summed E-state index contributed by atoms with van der Waals surface area (Å²) >= 11 is 4.97. The first-order chi connectivity index (χ1) is 7.16. The van der Waals surface area contributed by atoms with Crippen LogP contribution in [0.5, 0.6) is 0 Å². The maximum absolute atomic E-state index is 13.0. The molecule has 0 atom stereocenters. The Kier molecular flexibility index (Phi) is 2.60. The van der Waals surface area contributed by atoms with Crippen molar-refractivity contribution >= 4 is 12.2 Å². The predicted octanol–water partition coefficient (Wildman–Crippen LogP) is 3.69. The van der Waals surface area contributed by atoms with Crippen molar-refractivity contribution in [1.82, 2.24) is 4.98 Å². The Morgan fingerprint density at radius 2 is 1.80 bits per heavy atom. The van der Waals surface area contributed by atoms with Gasteiger partial charge in [-0.2, -0.15) is 0 Å². The number of benzene rings is 1. The van der Waals surface area contributed by atoms with E-state index in [9.17, 15) is 8.78 Å². The van der Waals surface area contributed by atoms with Gasteiger partial charge in [0.15, 0.2) is 11.6 Å². The average Bonchev–Trinajstić information content (AvgIpc) is 2.22. The molecular formula is C11H7F2NS. The summed E-state index contributed by atoms with van der Waals surface area (Å²) in [6, 6.07) is 7.14. The van der Waals surface area contributed by atoms with Crippen molar-refractivity contribution in [1.29, 1.82) is 0 Å². The zero-order chi connectivity index (χ0) is 10.8. The first-order valence-corrected chi connectivity index (χ1v) is 4.72. The Balaban J connectivity index is 2.55. The second kappa shape index (κ2) is 3.90. The van der Waals surface area contributed by atoms with Crippen molar-refractivity contribution in [2.24, 2.45) is 0 Å². The van der Waals surface area contributed by atoms with Crippen molar-refractivity contribution in [3.05, 3.63) is 52.7 Å². The number of nitrogens with one attached hydrogen (secondary N) is 1. The van der Waals surface area contributed by atoms with E-state index in [1.54, 1.807) is 18.3 Å². The van der Waals surface area contributed by atoms with Crippen LogP contribution in [0.3, 0.4) is 0 Å². The highest BCUT2D eigenvalue weighted by Crippen LogP contribution is 2.19. The zero-order valence-electron chi connectivity index (χ0n) is 7.63. The van der Waals surface area contributed by atoms with E-state index in [1.165, 1.54) is 6.07 Å². The third kappa shape index (κ3) is 2.10. The van der Waals surface area contributed by atoms with Crippen LogP contribution in [-0.4, -0.2) is 4.98 Å². The summed E-state index contributed by atoms with van der Waals surface area (Å²) < 4.78 is 26.3. The lowest BCUT2D eigenvalue weighted by Crippen LogP contribution is -1.87. The molecule has 1 heterocycles. The number of aromatic amines is 1. The van der Waals surface area contributed by atoms with Gasteiger partial charge in [-0.05, 0) is 30.3 Å². The molecule has 15 heavy (non-hydrogen) atoms. The average molecular weight is 223 g/mol. The highest BCUT2D eigenvalue weighted by molar-refractivity contribution is 7.71. The van der Waals surface area contributed by atoms with Gasteiger partial charge < -0.3 is 4.98 Å². The van der Waals surface area contributed by atoms with Crippen LogP contribution in [0.25, 0.3) is 11.3 Å². The van der Waals surface area contributed by atoms with Gasteiger partial charge in [0.05, 0.1) is 0 Å². The molecule has 0 radical (unpaired) electrons. The van der Waals surface area contributed by atoms with Crippen LogP contribution < -0.4 is 0 Å². The lowest BCUT2D eigenvalue weighted by molar-refractivity contribution is 0.509. The van der Waals surface area contributed by atoms with Crippen molar-refractivity contribution in [2.75, 3.05) is 0 Å². The molecule has 0 unspecified atom stereocenters. The molecule has 1 nitrogen and oxygen atoms in total. The summed E-state index contributed by atoms with van der Waals surface area (Å²) in [5.74, 6) is -1.72. The van der Waals surface area contributed by atoms with Gasteiger partial charge in [0.1, 0.15) is 0 Å². The van der Waals surface area contributed by atoms with Gasteiger partial charge >= 0.3 is 0 Å². The lowest BCUT2D eigenvalue weighted by atomic mass is 10.1. The highest BCUT2D eigenvalue weighted by atomic mass is 32.1. The van der Waals surface area contributed by atoms with Gasteiger partial charge in [-0.25, -0.2) is 8.78 Å². The van der Waals surface area contributed by atoms with Crippen molar-refractivity contribution in [3.8, 4) is 11.3 Å². The van der Waals surface area contributed by atoms with E-state index in [1.807, 2.05) is 0 Å². The molecule has 0 aliphatic rings. The molecule has 0 amide bonds. The smallest absolute Gasteiger partial charge is 0.159 e. The van der Waals surface area contributed by atoms with Crippen LogP contribution in [0.1, 0.15) is 0 Å². The molecule has 1 N–H and O–H groups in total. The Bertz CT molecular complexity index is 548. The number of hydrogen-bond acceptors (Lipinski definition) is 1. The second-order valence-electron chi connectivity index (χ2n) is 3.07. The number of hydrogen-bond donors (Lipinski definition) is 1. The quantitative estimate of drug-likeness (QED) is 0.729. The first-order valence-electron chi connectivity index (χ1n) is 4.31. The van der Waals surface area contributed by atoms with Crippen LogP contribution >= 0.6 is 12.2 Å². The molecule has 0 aliphatic heterocycles. The van der Waals surface area contributed by atoms with Gasteiger partial charge in [0.2, 0.25) is 0 Å². The second-order valence-corrected chi connectivity index (χ2v) is 3.54. The summed E-state index contributed by atoms with van der Waals surface area (Å²) in [6.07, 6.45) is 1.67. The van der Waals surface area contributed by atoms with Crippen molar-refractivity contribution in [3.63, 3.8) is 0 Å². The minimum atomic E-state index is -0.865. The van der Waals surface area contributed by atoms with Gasteiger partial charge in [-0.3, -0.25) is 0 Å². The van der Waals surface area contributed by atoms with Gasteiger partial charge in [0.25, 0.3) is 0 Å². The van der Waals surface area contributed by atoms with E-state index in [2.05, 4.69) is 4.98 Å². The van der Waals surface area contributed by atoms with E-state index in [4.69, 9.17) is 12.2 Å². The third-order valence-corrected chi connectivity index (χ3v) is 2.26. The molecule has 1 aromatic carbocycles. The standard InChI is InChI=1S/C11H7F2NS/c12-9-2-1-7(5-10(9)13)11-6-8(15)3-4-14-11/h1-6H,(H,14,15). The van der Waals surface area contributed by atoms with Crippen LogP contribution in [-0.2, 0) is 0 Å². The fourth-order valence-corrected chi connectivity index (χ4v) is 1.46. The van der Waals surface area contributed by atoms with E-state index < -0.39 is 11.6 Å². The molecule has 0 aliphatic carbocycles. The monoisotopic (exact) mass is 223 g/mol. The van der Waals surface area contributed by atoms with E-state index in [-0.39, 0.29) is 0 Å². The highest BCUT2D eigenvalue weighted by Gasteiger charge is 2.04. The largest absolute Gasteiger partial charge is 0.361 e. The topological polar surface area (TPSA) is 15.8 Å². The maximum Gasteiger partial charge on any atom is 0.159 e. The third-order valence-electron chi connectivity index (χ3n) is 2.00. The summed E-state index contributed by atoms with van der Waals surface area (Å²) in [6.45, 7) is 0. The molecule has 0 saturated carbocycles. The molecular weight excluding hydrogens is 216 g/mol. The molecule has 0 bridgehead atoms. The molecule has 0 fully saturated rings. The molecule has 0 saturated heterocycles. The predicted molar refractivity (Wildman–Crippen MR) is 57.0 cm³/mol. The molecule has 76 valence electrons.